The van der Waals surface area contributed by atoms with Gasteiger partial charge >= 0.3 is 6.09 Å². The first-order valence-corrected chi connectivity index (χ1v) is 14.2. The largest absolute Gasteiger partial charge is 0.444 e. The Kier molecular flexibility index (Phi) is 8.16. The van der Waals surface area contributed by atoms with E-state index in [2.05, 4.69) is 26.1 Å². The SMILES string of the molecule is Cc1nc(N2CCC3(CCCC3NC(=O)OC(C)(C)C)CC2)c(Br)nc1Sc1cccc(Cl)c1Cl. The van der Waals surface area contributed by atoms with Gasteiger partial charge in [-0.1, -0.05) is 47.5 Å². The Bertz CT molecular complexity index is 1100. The number of carbonyl (C=O) groups excluding carboxylic acids is 1. The molecule has 1 aliphatic carbocycles. The zero-order valence-corrected chi connectivity index (χ0v) is 24.4. The minimum Gasteiger partial charge on any atom is -0.444 e. The van der Waals surface area contributed by atoms with Gasteiger partial charge in [0.2, 0.25) is 0 Å². The first-order valence-electron chi connectivity index (χ1n) is 11.9. The van der Waals surface area contributed by atoms with E-state index in [-0.39, 0.29) is 17.6 Å². The highest BCUT2D eigenvalue weighted by atomic mass is 79.9. The van der Waals surface area contributed by atoms with Gasteiger partial charge in [0.1, 0.15) is 15.2 Å². The van der Waals surface area contributed by atoms with E-state index in [1.165, 1.54) is 11.8 Å². The third-order valence-corrected chi connectivity index (χ3v) is 9.35. The van der Waals surface area contributed by atoms with Crippen LogP contribution in [-0.4, -0.2) is 40.8 Å². The van der Waals surface area contributed by atoms with Crippen LogP contribution in [0.25, 0.3) is 0 Å². The maximum atomic E-state index is 12.4. The normalized spacial score (nSPS) is 19.7. The van der Waals surface area contributed by atoms with E-state index in [9.17, 15) is 4.79 Å². The third kappa shape index (κ3) is 6.20. The van der Waals surface area contributed by atoms with Crippen LogP contribution in [-0.2, 0) is 4.74 Å². The summed E-state index contributed by atoms with van der Waals surface area (Å²) in [5, 5.41) is 5.00. The van der Waals surface area contributed by atoms with Crippen LogP contribution in [0.2, 0.25) is 10.0 Å². The Morgan fingerprint density at radius 2 is 1.94 bits per heavy atom. The van der Waals surface area contributed by atoms with Gasteiger partial charge in [0.25, 0.3) is 0 Å². The van der Waals surface area contributed by atoms with Gasteiger partial charge in [-0.25, -0.2) is 14.8 Å². The molecule has 1 spiro atoms. The van der Waals surface area contributed by atoms with E-state index in [0.29, 0.717) is 10.0 Å². The molecule has 10 heteroatoms. The van der Waals surface area contributed by atoms with Crippen LogP contribution < -0.4 is 10.2 Å². The molecule has 35 heavy (non-hydrogen) atoms. The van der Waals surface area contributed by atoms with Gasteiger partial charge in [-0.2, -0.15) is 0 Å². The molecule has 1 atom stereocenters. The van der Waals surface area contributed by atoms with Gasteiger partial charge in [0.15, 0.2) is 5.82 Å². The van der Waals surface area contributed by atoms with Gasteiger partial charge in [-0.3, -0.25) is 0 Å². The maximum Gasteiger partial charge on any atom is 0.407 e. The summed E-state index contributed by atoms with van der Waals surface area (Å²) in [6.07, 6.45) is 4.93. The number of alkyl carbamates (subject to hydrolysis) is 1. The smallest absolute Gasteiger partial charge is 0.407 e. The predicted octanol–water partition coefficient (Wildman–Crippen LogP) is 7.67. The number of benzene rings is 1. The molecule has 1 aromatic heterocycles. The summed E-state index contributed by atoms with van der Waals surface area (Å²) in [5.74, 6) is 0.855. The van der Waals surface area contributed by atoms with Crippen LogP contribution in [0.5, 0.6) is 0 Å². The van der Waals surface area contributed by atoms with E-state index in [0.717, 1.165) is 71.2 Å². The van der Waals surface area contributed by atoms with Crippen molar-refractivity contribution in [3.8, 4) is 0 Å². The van der Waals surface area contributed by atoms with Gasteiger partial charge in [0.05, 0.1) is 15.7 Å². The van der Waals surface area contributed by atoms with Crippen molar-refractivity contribution in [2.75, 3.05) is 18.0 Å². The first kappa shape index (κ1) is 26.8. The predicted molar refractivity (Wildman–Crippen MR) is 146 cm³/mol. The molecular formula is C25H31BrCl2N4O2S. The summed E-state index contributed by atoms with van der Waals surface area (Å²) in [4.78, 5) is 25.3. The van der Waals surface area contributed by atoms with Crippen LogP contribution in [0, 0.1) is 12.3 Å². The summed E-state index contributed by atoms with van der Waals surface area (Å²) >= 11 is 17.6. The molecule has 1 amide bonds. The summed E-state index contributed by atoms with van der Waals surface area (Å²) in [6.45, 7) is 9.38. The molecule has 0 bridgehead atoms. The van der Waals surface area contributed by atoms with Crippen LogP contribution in [0.1, 0.15) is 58.6 Å². The van der Waals surface area contributed by atoms with E-state index >= 15 is 0 Å². The van der Waals surface area contributed by atoms with Crippen molar-refractivity contribution in [1.82, 2.24) is 15.3 Å². The summed E-state index contributed by atoms with van der Waals surface area (Å²) in [6, 6.07) is 5.72. The third-order valence-electron chi connectivity index (χ3n) is 6.75. The molecule has 1 saturated heterocycles. The molecule has 4 rings (SSSR count). The standard InChI is InChI=1S/C25H31BrCl2N4O2S/c1-15-22(35-17-8-5-7-16(27)19(17)28)31-20(26)21(29-15)32-13-11-25(12-14-32)10-6-9-18(25)30-23(33)34-24(2,3)4/h5,7-8,18H,6,9-14H2,1-4H3,(H,30,33). The number of anilines is 1. The number of ether oxygens (including phenoxy) is 1. The maximum absolute atomic E-state index is 12.4. The molecule has 2 fully saturated rings. The molecule has 1 aliphatic heterocycles. The molecular weight excluding hydrogens is 571 g/mol. The minimum absolute atomic E-state index is 0.113. The number of aromatic nitrogens is 2. The Balaban J connectivity index is 1.44. The lowest BCUT2D eigenvalue weighted by Gasteiger charge is -2.44. The van der Waals surface area contributed by atoms with Crippen molar-refractivity contribution >= 4 is 62.8 Å². The quantitative estimate of drug-likeness (QED) is 0.388. The Labute approximate surface area is 230 Å². The number of amides is 1. The second-order valence-corrected chi connectivity index (χ2v) is 12.9. The number of nitrogens with zero attached hydrogens (tertiary/aromatic N) is 3. The number of carbonyl (C=O) groups is 1. The van der Waals surface area contributed by atoms with Gasteiger partial charge in [-0.05, 0) is 86.9 Å². The number of aryl methyl sites for hydroxylation is 1. The number of hydrogen-bond acceptors (Lipinski definition) is 6. The molecule has 1 N–H and O–H groups in total. The van der Waals surface area contributed by atoms with E-state index in [4.69, 9.17) is 37.9 Å². The second-order valence-electron chi connectivity index (χ2n) is 10.3. The average molecular weight is 602 g/mol. The Morgan fingerprint density at radius 3 is 2.63 bits per heavy atom. The van der Waals surface area contributed by atoms with Gasteiger partial charge in [-0.15, -0.1) is 0 Å². The van der Waals surface area contributed by atoms with Crippen molar-refractivity contribution in [1.29, 1.82) is 0 Å². The summed E-state index contributed by atoms with van der Waals surface area (Å²) in [7, 11) is 0. The molecule has 1 aromatic carbocycles. The summed E-state index contributed by atoms with van der Waals surface area (Å²) < 4.78 is 6.24. The highest BCUT2D eigenvalue weighted by molar-refractivity contribution is 9.10. The highest BCUT2D eigenvalue weighted by Gasteiger charge is 2.46. The lowest BCUT2D eigenvalue weighted by molar-refractivity contribution is 0.0442. The number of nitrogens with one attached hydrogen (secondary N) is 1. The van der Waals surface area contributed by atoms with Crippen LogP contribution in [0.4, 0.5) is 10.6 Å². The number of hydrogen-bond donors (Lipinski definition) is 1. The van der Waals surface area contributed by atoms with E-state index in [1.54, 1.807) is 6.07 Å². The molecule has 2 aliphatic rings. The summed E-state index contributed by atoms with van der Waals surface area (Å²) in [5.41, 5.74) is 0.460. The molecule has 1 unspecified atom stereocenters. The first-order chi connectivity index (χ1) is 16.5. The van der Waals surface area contributed by atoms with Crippen molar-refractivity contribution in [2.45, 2.75) is 81.4 Å². The van der Waals surface area contributed by atoms with E-state index < -0.39 is 5.60 Å². The molecule has 6 nitrogen and oxygen atoms in total. The molecule has 2 heterocycles. The lowest BCUT2D eigenvalue weighted by Crippen LogP contribution is -2.51. The van der Waals surface area contributed by atoms with Crippen molar-refractivity contribution in [2.24, 2.45) is 5.41 Å². The topological polar surface area (TPSA) is 67.4 Å². The lowest BCUT2D eigenvalue weighted by atomic mass is 9.74. The molecule has 2 aromatic rings. The highest BCUT2D eigenvalue weighted by Crippen LogP contribution is 2.47. The van der Waals surface area contributed by atoms with E-state index in [1.807, 2.05) is 39.8 Å². The van der Waals surface area contributed by atoms with Crippen molar-refractivity contribution in [3.63, 3.8) is 0 Å². The van der Waals surface area contributed by atoms with Gasteiger partial charge < -0.3 is 15.0 Å². The zero-order chi connectivity index (χ0) is 25.4. The fourth-order valence-corrected chi connectivity index (χ4v) is 7.00. The molecule has 1 saturated carbocycles. The van der Waals surface area contributed by atoms with Gasteiger partial charge in [0, 0.05) is 24.0 Å². The number of piperidine rings is 1. The van der Waals surface area contributed by atoms with Crippen molar-refractivity contribution < 1.29 is 9.53 Å². The zero-order valence-electron chi connectivity index (χ0n) is 20.5. The van der Waals surface area contributed by atoms with Crippen LogP contribution >= 0.6 is 50.9 Å². The van der Waals surface area contributed by atoms with Crippen molar-refractivity contribution in [3.05, 3.63) is 38.5 Å². The number of rotatable bonds is 4. The van der Waals surface area contributed by atoms with Crippen LogP contribution in [0.15, 0.2) is 32.7 Å². The fourth-order valence-electron chi connectivity index (χ4n) is 5.01. The second kappa shape index (κ2) is 10.6. The number of halogens is 3. The Morgan fingerprint density at radius 1 is 1.23 bits per heavy atom. The average Bonchev–Trinajstić information content (AvgIpc) is 3.14. The molecule has 0 radical (unpaired) electrons. The molecule has 190 valence electrons. The van der Waals surface area contributed by atoms with Crippen LogP contribution in [0.3, 0.4) is 0 Å². The minimum atomic E-state index is -0.495. The Hall–Kier alpha value is -1.22. The fraction of sp³-hybridized carbons (Fsp3) is 0.560. The monoisotopic (exact) mass is 600 g/mol.